The Hall–Kier alpha value is -2.40. The fourth-order valence-corrected chi connectivity index (χ4v) is 1.82. The van der Waals surface area contributed by atoms with Crippen LogP contribution in [0.1, 0.15) is 11.1 Å². The zero-order valence-corrected chi connectivity index (χ0v) is 12.3. The first-order valence-electron chi connectivity index (χ1n) is 6.38. The minimum atomic E-state index is -0.241. The topological polar surface area (TPSA) is 66.4 Å². The van der Waals surface area contributed by atoms with Gasteiger partial charge in [-0.05, 0) is 30.7 Å². The largest absolute Gasteiger partial charge is 0.376 e. The number of nitrogens with one attached hydrogen (secondary N) is 2. The second-order valence-electron chi connectivity index (χ2n) is 4.35. The fraction of sp³-hybridized carbons (Fsp3) is 0.133. The van der Waals surface area contributed by atoms with Gasteiger partial charge in [-0.25, -0.2) is 5.43 Å². The summed E-state index contributed by atoms with van der Waals surface area (Å²) in [7, 11) is 0. The number of benzene rings is 1. The van der Waals surface area contributed by atoms with Gasteiger partial charge in [-0.15, -0.1) is 0 Å². The van der Waals surface area contributed by atoms with E-state index >= 15 is 0 Å². The van der Waals surface area contributed by atoms with Crippen LogP contribution in [0.25, 0.3) is 0 Å². The highest BCUT2D eigenvalue weighted by atomic mass is 35.5. The molecule has 5 nitrogen and oxygen atoms in total. The summed E-state index contributed by atoms with van der Waals surface area (Å²) < 4.78 is 0. The van der Waals surface area contributed by atoms with Crippen LogP contribution in [0, 0.1) is 6.92 Å². The summed E-state index contributed by atoms with van der Waals surface area (Å²) in [6.45, 7) is 2.01. The first-order chi connectivity index (χ1) is 10.2. The van der Waals surface area contributed by atoms with Crippen LogP contribution in [0.3, 0.4) is 0 Å². The Morgan fingerprint density at radius 1 is 1.38 bits per heavy atom. The molecule has 2 aromatic rings. The highest BCUT2D eigenvalue weighted by Gasteiger charge is 2.04. The van der Waals surface area contributed by atoms with Crippen molar-refractivity contribution in [1.29, 1.82) is 0 Å². The molecule has 0 aliphatic rings. The van der Waals surface area contributed by atoms with E-state index in [1.165, 1.54) is 6.21 Å². The Morgan fingerprint density at radius 2 is 2.24 bits per heavy atom. The number of amides is 1. The summed E-state index contributed by atoms with van der Waals surface area (Å²) in [6.07, 6.45) is 4.87. The van der Waals surface area contributed by atoms with Gasteiger partial charge < -0.3 is 5.32 Å². The summed E-state index contributed by atoms with van der Waals surface area (Å²) in [5.41, 5.74) is 4.99. The van der Waals surface area contributed by atoms with Gasteiger partial charge in [-0.2, -0.15) is 5.10 Å². The molecule has 2 rings (SSSR count). The van der Waals surface area contributed by atoms with E-state index in [4.69, 9.17) is 11.6 Å². The van der Waals surface area contributed by atoms with E-state index in [1.54, 1.807) is 24.5 Å². The average molecular weight is 303 g/mol. The number of halogens is 1. The van der Waals surface area contributed by atoms with Crippen LogP contribution in [0.2, 0.25) is 5.02 Å². The molecule has 0 fully saturated rings. The van der Waals surface area contributed by atoms with Crippen molar-refractivity contribution in [3.63, 3.8) is 0 Å². The Morgan fingerprint density at radius 3 is 3.00 bits per heavy atom. The van der Waals surface area contributed by atoms with E-state index in [0.29, 0.717) is 5.02 Å². The summed E-state index contributed by atoms with van der Waals surface area (Å²) in [5.74, 6) is -0.241. The highest BCUT2D eigenvalue weighted by Crippen LogP contribution is 2.22. The van der Waals surface area contributed by atoms with Crippen LogP contribution in [-0.4, -0.2) is 23.7 Å². The lowest BCUT2D eigenvalue weighted by Gasteiger charge is -2.09. The van der Waals surface area contributed by atoms with Crippen LogP contribution >= 0.6 is 11.6 Å². The van der Waals surface area contributed by atoms with Gasteiger partial charge in [0.25, 0.3) is 5.91 Å². The van der Waals surface area contributed by atoms with Gasteiger partial charge in [-0.1, -0.05) is 23.7 Å². The molecule has 0 radical (unpaired) electrons. The maximum atomic E-state index is 11.7. The van der Waals surface area contributed by atoms with Crippen molar-refractivity contribution in [2.75, 3.05) is 11.9 Å². The number of rotatable bonds is 5. The highest BCUT2D eigenvalue weighted by molar-refractivity contribution is 6.31. The number of hydrazone groups is 1. The third-order valence-corrected chi connectivity index (χ3v) is 3.20. The Kier molecular flexibility index (Phi) is 5.29. The first-order valence-corrected chi connectivity index (χ1v) is 6.75. The number of nitrogens with zero attached hydrogens (tertiary/aromatic N) is 2. The Bertz CT molecular complexity index is 643. The van der Waals surface area contributed by atoms with Crippen molar-refractivity contribution in [2.45, 2.75) is 6.92 Å². The van der Waals surface area contributed by atoms with Crippen molar-refractivity contribution in [3.05, 3.63) is 58.9 Å². The summed E-state index contributed by atoms with van der Waals surface area (Å²) in [5, 5.41) is 7.54. The molecule has 0 spiro atoms. The number of carbonyl (C=O) groups excluding carboxylic acids is 1. The third-order valence-electron chi connectivity index (χ3n) is 2.79. The fourth-order valence-electron chi connectivity index (χ4n) is 1.65. The number of anilines is 1. The minimum absolute atomic E-state index is 0.117. The first kappa shape index (κ1) is 15.0. The summed E-state index contributed by atoms with van der Waals surface area (Å²) in [6, 6.07) is 9.15. The number of hydrogen-bond donors (Lipinski definition) is 2. The zero-order chi connectivity index (χ0) is 15.1. The number of aromatic nitrogens is 1. The molecule has 0 unspecified atom stereocenters. The molecule has 1 aromatic carbocycles. The molecule has 6 heteroatoms. The molecule has 0 saturated carbocycles. The monoisotopic (exact) mass is 302 g/mol. The maximum absolute atomic E-state index is 11.7. The van der Waals surface area contributed by atoms with Gasteiger partial charge in [-0.3, -0.25) is 9.78 Å². The number of carbonyl (C=O) groups is 1. The standard InChI is InChI=1S/C15H15ClN4O/c1-11-13(16)5-2-6-14(11)18-10-15(21)20-19-9-12-4-3-7-17-8-12/h2-9,18H,10H2,1H3,(H,20,21)/b19-9+. The maximum Gasteiger partial charge on any atom is 0.259 e. The van der Waals surface area contributed by atoms with Crippen molar-refractivity contribution < 1.29 is 4.79 Å². The van der Waals surface area contributed by atoms with Crippen LogP contribution in [-0.2, 0) is 4.79 Å². The van der Waals surface area contributed by atoms with Crippen LogP contribution in [0.15, 0.2) is 47.8 Å². The van der Waals surface area contributed by atoms with Crippen LogP contribution in [0.5, 0.6) is 0 Å². The van der Waals surface area contributed by atoms with Crippen molar-refractivity contribution in [2.24, 2.45) is 5.10 Å². The average Bonchev–Trinajstić information content (AvgIpc) is 2.50. The molecule has 0 atom stereocenters. The van der Waals surface area contributed by atoms with E-state index in [1.807, 2.05) is 25.1 Å². The zero-order valence-electron chi connectivity index (χ0n) is 11.5. The SMILES string of the molecule is Cc1c(Cl)cccc1NCC(=O)N/N=C/c1cccnc1. The molecular weight excluding hydrogens is 288 g/mol. The normalized spacial score (nSPS) is 10.6. The smallest absolute Gasteiger partial charge is 0.259 e. The predicted molar refractivity (Wildman–Crippen MR) is 84.7 cm³/mol. The minimum Gasteiger partial charge on any atom is -0.376 e. The molecule has 1 heterocycles. The van der Waals surface area contributed by atoms with Gasteiger partial charge >= 0.3 is 0 Å². The lowest BCUT2D eigenvalue weighted by molar-refractivity contribution is -0.119. The number of pyridine rings is 1. The molecule has 21 heavy (non-hydrogen) atoms. The third kappa shape index (κ3) is 4.57. The van der Waals surface area contributed by atoms with E-state index in [-0.39, 0.29) is 12.5 Å². The van der Waals surface area contributed by atoms with Crippen LogP contribution in [0.4, 0.5) is 5.69 Å². The van der Waals surface area contributed by atoms with E-state index in [9.17, 15) is 4.79 Å². The lowest BCUT2D eigenvalue weighted by atomic mass is 10.2. The molecule has 1 amide bonds. The Labute approximate surface area is 128 Å². The van der Waals surface area contributed by atoms with E-state index in [0.717, 1.165) is 16.8 Å². The van der Waals surface area contributed by atoms with Gasteiger partial charge in [0.15, 0.2) is 0 Å². The van der Waals surface area contributed by atoms with Gasteiger partial charge in [0.2, 0.25) is 0 Å². The molecular formula is C15H15ClN4O. The predicted octanol–water partition coefficient (Wildman–Crippen LogP) is 2.61. The number of hydrogen-bond acceptors (Lipinski definition) is 4. The van der Waals surface area contributed by atoms with Crippen molar-refractivity contribution in [1.82, 2.24) is 10.4 Å². The molecule has 1 aromatic heterocycles. The molecule has 108 valence electrons. The lowest BCUT2D eigenvalue weighted by Crippen LogP contribution is -2.26. The van der Waals surface area contributed by atoms with E-state index < -0.39 is 0 Å². The molecule has 2 N–H and O–H groups in total. The second kappa shape index (κ2) is 7.40. The molecule has 0 saturated heterocycles. The van der Waals surface area contributed by atoms with Crippen LogP contribution < -0.4 is 10.7 Å². The summed E-state index contributed by atoms with van der Waals surface area (Å²) in [4.78, 5) is 15.6. The summed E-state index contributed by atoms with van der Waals surface area (Å²) >= 11 is 6.01. The molecule has 0 aliphatic carbocycles. The van der Waals surface area contributed by atoms with Crippen molar-refractivity contribution in [3.8, 4) is 0 Å². The van der Waals surface area contributed by atoms with Crippen molar-refractivity contribution >= 4 is 29.4 Å². The van der Waals surface area contributed by atoms with Gasteiger partial charge in [0.1, 0.15) is 0 Å². The van der Waals surface area contributed by atoms with Gasteiger partial charge in [0.05, 0.1) is 12.8 Å². The molecule has 0 aliphatic heterocycles. The Balaban J connectivity index is 1.83. The second-order valence-corrected chi connectivity index (χ2v) is 4.75. The van der Waals surface area contributed by atoms with Gasteiger partial charge in [0, 0.05) is 28.7 Å². The van der Waals surface area contributed by atoms with E-state index in [2.05, 4.69) is 20.8 Å². The quantitative estimate of drug-likeness (QED) is 0.659. The molecule has 0 bridgehead atoms.